The number of aromatic nitrogens is 1. The van der Waals surface area contributed by atoms with Gasteiger partial charge in [-0.1, -0.05) is 0 Å². The van der Waals surface area contributed by atoms with E-state index in [1.54, 1.807) is 43.5 Å². The van der Waals surface area contributed by atoms with Gasteiger partial charge < -0.3 is 25.0 Å². The number of carbonyl (C=O) groups is 3. The van der Waals surface area contributed by atoms with Crippen LogP contribution in [0.3, 0.4) is 0 Å². The Hall–Kier alpha value is -3.46. The Morgan fingerprint density at radius 2 is 1.69 bits per heavy atom. The van der Waals surface area contributed by atoms with Crippen LogP contribution in [0.1, 0.15) is 10.4 Å². The van der Waals surface area contributed by atoms with Crippen molar-refractivity contribution in [3.05, 3.63) is 54.4 Å². The van der Waals surface area contributed by atoms with Crippen LogP contribution in [-0.4, -0.2) is 68.1 Å². The lowest BCUT2D eigenvalue weighted by atomic mass is 10.2. The molecule has 1 aromatic carbocycles. The Morgan fingerprint density at radius 3 is 2.31 bits per heavy atom. The maximum absolute atomic E-state index is 12.6. The summed E-state index contributed by atoms with van der Waals surface area (Å²) in [7, 11) is 3.07. The maximum Gasteiger partial charge on any atom is 0.254 e. The summed E-state index contributed by atoms with van der Waals surface area (Å²) in [5, 5.41) is 5.18. The fraction of sp³-hybridized carbons (Fsp3) is 0.300. The van der Waals surface area contributed by atoms with E-state index in [1.807, 2.05) is 0 Å². The van der Waals surface area contributed by atoms with Crippen molar-refractivity contribution in [1.29, 1.82) is 0 Å². The third-order valence-electron chi connectivity index (χ3n) is 3.93. The highest BCUT2D eigenvalue weighted by Crippen LogP contribution is 2.14. The van der Waals surface area contributed by atoms with Crippen molar-refractivity contribution < 1.29 is 23.9 Å². The monoisotopic (exact) mass is 400 g/mol. The SMILES string of the molecule is COCCN(CC(=O)NCC(=O)Nc1ccc(OC)cc1)C(=O)c1ccncc1. The lowest BCUT2D eigenvalue weighted by Gasteiger charge is -2.22. The van der Waals surface area contributed by atoms with Crippen LogP contribution in [0.25, 0.3) is 0 Å². The molecule has 29 heavy (non-hydrogen) atoms. The van der Waals surface area contributed by atoms with Crippen LogP contribution < -0.4 is 15.4 Å². The van der Waals surface area contributed by atoms with E-state index >= 15 is 0 Å². The fourth-order valence-electron chi connectivity index (χ4n) is 2.42. The molecule has 0 fully saturated rings. The predicted octanol–water partition coefficient (Wildman–Crippen LogP) is 0.934. The number of nitrogens with one attached hydrogen (secondary N) is 2. The topological polar surface area (TPSA) is 110 Å². The number of rotatable bonds is 10. The maximum atomic E-state index is 12.6. The molecule has 2 aromatic rings. The molecule has 3 amide bonds. The highest BCUT2D eigenvalue weighted by molar-refractivity contribution is 5.98. The van der Waals surface area contributed by atoms with Gasteiger partial charge in [0.25, 0.3) is 5.91 Å². The minimum absolute atomic E-state index is 0.194. The Kier molecular flexibility index (Phi) is 8.58. The van der Waals surface area contributed by atoms with Crippen LogP contribution in [0.4, 0.5) is 5.69 Å². The van der Waals surface area contributed by atoms with E-state index in [0.717, 1.165) is 0 Å². The Bertz CT molecular complexity index is 811. The summed E-state index contributed by atoms with van der Waals surface area (Å²) in [5.41, 5.74) is 1.00. The highest BCUT2D eigenvalue weighted by Gasteiger charge is 2.19. The molecule has 9 nitrogen and oxygen atoms in total. The van der Waals surface area contributed by atoms with Gasteiger partial charge in [0.2, 0.25) is 11.8 Å². The Morgan fingerprint density at radius 1 is 1.00 bits per heavy atom. The van der Waals surface area contributed by atoms with Crippen molar-refractivity contribution in [3.63, 3.8) is 0 Å². The normalized spacial score (nSPS) is 10.1. The van der Waals surface area contributed by atoms with Gasteiger partial charge in [-0.2, -0.15) is 0 Å². The van der Waals surface area contributed by atoms with Crippen molar-refractivity contribution >= 4 is 23.4 Å². The summed E-state index contributed by atoms with van der Waals surface area (Å²) in [6.45, 7) is 0.109. The van der Waals surface area contributed by atoms with Gasteiger partial charge in [-0.05, 0) is 36.4 Å². The van der Waals surface area contributed by atoms with Crippen molar-refractivity contribution in [2.24, 2.45) is 0 Å². The molecule has 1 heterocycles. The minimum atomic E-state index is -0.451. The smallest absolute Gasteiger partial charge is 0.254 e. The highest BCUT2D eigenvalue weighted by atomic mass is 16.5. The number of methoxy groups -OCH3 is 2. The second-order valence-corrected chi connectivity index (χ2v) is 6.01. The zero-order valence-corrected chi connectivity index (χ0v) is 16.4. The van der Waals surface area contributed by atoms with E-state index in [9.17, 15) is 14.4 Å². The molecule has 0 aliphatic carbocycles. The van der Waals surface area contributed by atoms with Gasteiger partial charge in [-0.25, -0.2) is 0 Å². The molecule has 154 valence electrons. The second kappa shape index (κ2) is 11.4. The number of amides is 3. The summed E-state index contributed by atoms with van der Waals surface area (Å²) in [4.78, 5) is 42.1. The molecule has 0 radical (unpaired) electrons. The lowest BCUT2D eigenvalue weighted by Crippen LogP contribution is -2.44. The van der Waals surface area contributed by atoms with Crippen LogP contribution in [0, 0.1) is 0 Å². The molecule has 0 unspecified atom stereocenters. The molecule has 0 bridgehead atoms. The van der Waals surface area contributed by atoms with E-state index in [0.29, 0.717) is 17.0 Å². The van der Waals surface area contributed by atoms with Crippen molar-refractivity contribution in [3.8, 4) is 5.75 Å². The van der Waals surface area contributed by atoms with Crippen LogP contribution in [0.2, 0.25) is 0 Å². The number of hydrogen-bond donors (Lipinski definition) is 2. The largest absolute Gasteiger partial charge is 0.497 e. The molecule has 0 spiro atoms. The first kappa shape index (κ1) is 21.8. The molecule has 9 heteroatoms. The number of ether oxygens (including phenoxy) is 2. The summed E-state index contributed by atoms with van der Waals surface area (Å²) in [5.74, 6) is -0.477. The Balaban J connectivity index is 1.86. The minimum Gasteiger partial charge on any atom is -0.497 e. The zero-order valence-electron chi connectivity index (χ0n) is 16.4. The summed E-state index contributed by atoms with van der Waals surface area (Å²) in [6.07, 6.45) is 3.01. The first-order valence-corrected chi connectivity index (χ1v) is 8.92. The first-order chi connectivity index (χ1) is 14.0. The molecule has 0 aliphatic rings. The number of nitrogens with zero attached hydrogens (tertiary/aromatic N) is 2. The number of anilines is 1. The Labute approximate surface area is 169 Å². The number of carbonyl (C=O) groups excluding carboxylic acids is 3. The lowest BCUT2D eigenvalue weighted by molar-refractivity contribution is -0.124. The van der Waals surface area contributed by atoms with Crippen molar-refractivity contribution in [1.82, 2.24) is 15.2 Å². The van der Waals surface area contributed by atoms with Gasteiger partial charge in [0.05, 0.1) is 26.8 Å². The van der Waals surface area contributed by atoms with E-state index in [-0.39, 0.29) is 38.1 Å². The standard InChI is InChI=1S/C20H24N4O5/c1-28-12-11-24(20(27)15-7-9-21-10-8-15)14-19(26)22-13-18(25)23-16-3-5-17(29-2)6-4-16/h3-10H,11-14H2,1-2H3,(H,22,26)(H,23,25). The van der Waals surface area contributed by atoms with Gasteiger partial charge >= 0.3 is 0 Å². The molecule has 2 rings (SSSR count). The first-order valence-electron chi connectivity index (χ1n) is 8.92. The van der Waals surface area contributed by atoms with E-state index in [4.69, 9.17) is 9.47 Å². The fourth-order valence-corrected chi connectivity index (χ4v) is 2.42. The van der Waals surface area contributed by atoms with Gasteiger partial charge in [-0.15, -0.1) is 0 Å². The van der Waals surface area contributed by atoms with Crippen LogP contribution >= 0.6 is 0 Å². The van der Waals surface area contributed by atoms with E-state index in [1.165, 1.54) is 24.4 Å². The molecular weight excluding hydrogens is 376 g/mol. The second-order valence-electron chi connectivity index (χ2n) is 6.01. The number of hydrogen-bond acceptors (Lipinski definition) is 6. The predicted molar refractivity (Wildman–Crippen MR) is 107 cm³/mol. The molecular formula is C20H24N4O5. The van der Waals surface area contributed by atoms with Crippen molar-refractivity contribution in [2.75, 3.05) is 45.8 Å². The summed E-state index contributed by atoms with van der Waals surface area (Å²) in [6, 6.07) is 9.96. The molecule has 0 saturated carbocycles. The van der Waals surface area contributed by atoms with E-state index in [2.05, 4.69) is 15.6 Å². The summed E-state index contributed by atoms with van der Waals surface area (Å²) >= 11 is 0. The van der Waals surface area contributed by atoms with Crippen LogP contribution in [0.15, 0.2) is 48.8 Å². The third kappa shape index (κ3) is 7.23. The van der Waals surface area contributed by atoms with Gasteiger partial charge in [0, 0.05) is 37.3 Å². The zero-order chi connectivity index (χ0) is 21.1. The van der Waals surface area contributed by atoms with Gasteiger partial charge in [-0.3, -0.25) is 19.4 Å². The molecule has 0 aliphatic heterocycles. The molecule has 1 aromatic heterocycles. The number of pyridine rings is 1. The van der Waals surface area contributed by atoms with Crippen LogP contribution in [-0.2, 0) is 14.3 Å². The number of benzene rings is 1. The molecule has 2 N–H and O–H groups in total. The average molecular weight is 400 g/mol. The van der Waals surface area contributed by atoms with Gasteiger partial charge in [0.1, 0.15) is 5.75 Å². The van der Waals surface area contributed by atoms with Crippen LogP contribution in [0.5, 0.6) is 5.75 Å². The third-order valence-corrected chi connectivity index (χ3v) is 3.93. The van der Waals surface area contributed by atoms with E-state index < -0.39 is 5.91 Å². The summed E-state index contributed by atoms with van der Waals surface area (Å²) < 4.78 is 10.1. The van der Waals surface area contributed by atoms with Crippen molar-refractivity contribution in [2.45, 2.75) is 0 Å². The molecule has 0 saturated heterocycles. The van der Waals surface area contributed by atoms with Gasteiger partial charge in [0.15, 0.2) is 0 Å². The average Bonchev–Trinajstić information content (AvgIpc) is 2.76. The quantitative estimate of drug-likeness (QED) is 0.614. The molecule has 0 atom stereocenters.